The van der Waals surface area contributed by atoms with E-state index in [1.165, 1.54) is 16.7 Å². The molecule has 1 aliphatic heterocycles. The van der Waals surface area contributed by atoms with Crippen molar-refractivity contribution in [1.82, 2.24) is 4.90 Å². The van der Waals surface area contributed by atoms with Crippen LogP contribution < -0.4 is 14.4 Å². The molecule has 3 aromatic rings. The number of hydrogen-bond donors (Lipinski definition) is 2. The van der Waals surface area contributed by atoms with Crippen molar-refractivity contribution in [2.24, 2.45) is 0 Å². The highest BCUT2D eigenvalue weighted by atomic mass is 16.5. The number of allylic oxidation sites excluding steroid dienone is 1. The number of ether oxygens (including phenoxy) is 2. The van der Waals surface area contributed by atoms with E-state index in [1.54, 1.807) is 14.2 Å². The number of carboxylic acid groups (broad SMARTS) is 2. The highest BCUT2D eigenvalue weighted by Gasteiger charge is 2.34. The number of methoxy groups -OCH3 is 2. The molecule has 0 spiro atoms. The predicted octanol–water partition coefficient (Wildman–Crippen LogP) is 4.47. The van der Waals surface area contributed by atoms with Crippen LogP contribution in [0.25, 0.3) is 16.3 Å². The van der Waals surface area contributed by atoms with E-state index < -0.39 is 18.0 Å². The van der Waals surface area contributed by atoms with Gasteiger partial charge in [0.05, 0.1) is 25.8 Å². The third kappa shape index (κ3) is 5.47. The summed E-state index contributed by atoms with van der Waals surface area (Å²) in [5.74, 6) is -0.976. The van der Waals surface area contributed by atoms with E-state index in [-0.39, 0.29) is 5.57 Å². The molecule has 2 aliphatic rings. The number of hydrogen-bond acceptors (Lipinski definition) is 6. The van der Waals surface area contributed by atoms with Gasteiger partial charge in [-0.1, -0.05) is 30.3 Å². The van der Waals surface area contributed by atoms with Gasteiger partial charge in [-0.2, -0.15) is 0 Å². The second-order valence-electron chi connectivity index (χ2n) is 9.82. The lowest BCUT2D eigenvalue weighted by Gasteiger charge is -2.43. The molecule has 1 unspecified atom stereocenters. The molecule has 0 saturated carbocycles. The average molecular weight is 529 g/mol. The fourth-order valence-electron chi connectivity index (χ4n) is 5.66. The molecule has 1 saturated heterocycles. The molecule has 3 aromatic carbocycles. The van der Waals surface area contributed by atoms with Crippen LogP contribution in [-0.4, -0.2) is 73.5 Å². The summed E-state index contributed by atoms with van der Waals surface area (Å²) < 4.78 is 10.9. The monoisotopic (exact) mass is 528 g/mol. The van der Waals surface area contributed by atoms with Crippen LogP contribution in [0.2, 0.25) is 0 Å². The minimum Gasteiger partial charge on any atom is -0.497 e. The number of carbonyl (C=O) groups is 2. The number of carboxylic acids is 2. The van der Waals surface area contributed by atoms with Crippen LogP contribution >= 0.6 is 0 Å². The Kier molecular flexibility index (Phi) is 7.56. The van der Waals surface area contributed by atoms with E-state index in [1.807, 2.05) is 47.4 Å². The molecule has 1 fully saturated rings. The summed E-state index contributed by atoms with van der Waals surface area (Å²) in [6.45, 7) is 2.39. The Labute approximate surface area is 227 Å². The van der Waals surface area contributed by atoms with E-state index >= 15 is 0 Å². The summed E-state index contributed by atoms with van der Waals surface area (Å²) >= 11 is 0. The van der Waals surface area contributed by atoms with Crippen molar-refractivity contribution >= 4 is 34.0 Å². The van der Waals surface area contributed by atoms with Gasteiger partial charge in [-0.3, -0.25) is 4.90 Å². The molecular formula is C31H32N2O6. The molecule has 2 N–H and O–H groups in total. The predicted molar refractivity (Wildman–Crippen MR) is 151 cm³/mol. The first-order valence-corrected chi connectivity index (χ1v) is 13.0. The highest BCUT2D eigenvalue weighted by Crippen LogP contribution is 2.35. The number of piperazine rings is 1. The zero-order chi connectivity index (χ0) is 27.5. The maximum Gasteiger partial charge on any atom is 0.333 e. The first-order valence-electron chi connectivity index (χ1n) is 13.0. The van der Waals surface area contributed by atoms with Crippen molar-refractivity contribution in [1.29, 1.82) is 0 Å². The Balaban J connectivity index is 1.43. The maximum absolute atomic E-state index is 12.3. The number of nitrogens with zero attached hydrogens (tertiary/aromatic N) is 2. The number of aliphatic carboxylic acids is 2. The third-order valence-corrected chi connectivity index (χ3v) is 7.65. The summed E-state index contributed by atoms with van der Waals surface area (Å²) in [7, 11) is 3.27. The van der Waals surface area contributed by atoms with Gasteiger partial charge in [0, 0.05) is 43.3 Å². The van der Waals surface area contributed by atoms with Gasteiger partial charge in [0.2, 0.25) is 0 Å². The summed E-state index contributed by atoms with van der Waals surface area (Å²) in [5, 5.41) is 21.5. The molecule has 202 valence electrons. The van der Waals surface area contributed by atoms with E-state index in [4.69, 9.17) is 9.47 Å². The average Bonchev–Trinajstić information content (AvgIpc) is 3.36. The molecule has 0 amide bonds. The van der Waals surface area contributed by atoms with Crippen molar-refractivity contribution in [3.8, 4) is 11.5 Å². The maximum atomic E-state index is 12.3. The fourth-order valence-corrected chi connectivity index (χ4v) is 5.66. The van der Waals surface area contributed by atoms with Crippen molar-refractivity contribution in [2.75, 3.05) is 45.3 Å². The van der Waals surface area contributed by atoms with Crippen LogP contribution in [0.15, 0.2) is 72.3 Å². The quantitative estimate of drug-likeness (QED) is 0.393. The highest BCUT2D eigenvalue weighted by molar-refractivity contribution is 5.99. The molecule has 1 atom stereocenters. The molecule has 0 aromatic heterocycles. The Bertz CT molecular complexity index is 1480. The van der Waals surface area contributed by atoms with Gasteiger partial charge in [0.25, 0.3) is 0 Å². The minimum absolute atomic E-state index is 0.137. The van der Waals surface area contributed by atoms with Crippen LogP contribution in [0.5, 0.6) is 11.5 Å². The lowest BCUT2D eigenvalue weighted by Crippen LogP contribution is -2.55. The van der Waals surface area contributed by atoms with Crippen molar-refractivity contribution in [2.45, 2.75) is 18.9 Å². The van der Waals surface area contributed by atoms with Crippen LogP contribution in [-0.2, 0) is 16.0 Å². The molecule has 8 nitrogen and oxygen atoms in total. The van der Waals surface area contributed by atoms with Crippen LogP contribution in [0, 0.1) is 0 Å². The SMILES string of the molecule is COc1ccc2c(c1)C(CCN1CCN(c3cccc4ccc(OC)cc34)C(C(=CC(=O)O)C(=O)O)C1)=CC2. The van der Waals surface area contributed by atoms with Crippen LogP contribution in [0.4, 0.5) is 5.69 Å². The Morgan fingerprint density at radius 3 is 2.51 bits per heavy atom. The summed E-state index contributed by atoms with van der Waals surface area (Å²) in [5.41, 5.74) is 4.45. The lowest BCUT2D eigenvalue weighted by atomic mass is 9.98. The second-order valence-corrected chi connectivity index (χ2v) is 9.82. The first kappa shape index (κ1) is 26.3. The van der Waals surface area contributed by atoms with Gasteiger partial charge in [-0.05, 0) is 65.3 Å². The Morgan fingerprint density at radius 1 is 1.00 bits per heavy atom. The lowest BCUT2D eigenvalue weighted by molar-refractivity contribution is -0.135. The van der Waals surface area contributed by atoms with E-state index in [2.05, 4.69) is 23.1 Å². The molecule has 1 aliphatic carbocycles. The van der Waals surface area contributed by atoms with Gasteiger partial charge in [0.15, 0.2) is 0 Å². The molecule has 5 rings (SSSR count). The van der Waals surface area contributed by atoms with Crippen molar-refractivity contribution in [3.05, 3.63) is 83.4 Å². The fraction of sp³-hybridized carbons (Fsp3) is 0.290. The zero-order valence-corrected chi connectivity index (χ0v) is 22.1. The molecule has 0 bridgehead atoms. The summed E-state index contributed by atoms with van der Waals surface area (Å²) in [4.78, 5) is 28.2. The normalized spacial score (nSPS) is 17.6. The van der Waals surface area contributed by atoms with E-state index in [0.29, 0.717) is 18.8 Å². The van der Waals surface area contributed by atoms with Crippen molar-refractivity contribution < 1.29 is 29.3 Å². The van der Waals surface area contributed by atoms with E-state index in [0.717, 1.165) is 54.2 Å². The molecule has 39 heavy (non-hydrogen) atoms. The number of benzene rings is 3. The molecular weight excluding hydrogens is 496 g/mol. The third-order valence-electron chi connectivity index (χ3n) is 7.65. The minimum atomic E-state index is -1.27. The summed E-state index contributed by atoms with van der Waals surface area (Å²) in [6, 6.07) is 17.2. The van der Waals surface area contributed by atoms with Gasteiger partial charge in [-0.15, -0.1) is 0 Å². The second kappa shape index (κ2) is 11.2. The molecule has 8 heteroatoms. The van der Waals surface area contributed by atoms with Crippen LogP contribution in [0.1, 0.15) is 17.5 Å². The Hall–Kier alpha value is -4.30. The molecule has 0 radical (unpaired) electrons. The first-order chi connectivity index (χ1) is 18.9. The van der Waals surface area contributed by atoms with E-state index in [9.17, 15) is 19.8 Å². The van der Waals surface area contributed by atoms with Crippen LogP contribution in [0.3, 0.4) is 0 Å². The van der Waals surface area contributed by atoms with Crippen molar-refractivity contribution in [3.63, 3.8) is 0 Å². The smallest absolute Gasteiger partial charge is 0.333 e. The Morgan fingerprint density at radius 2 is 1.77 bits per heavy atom. The topological polar surface area (TPSA) is 99.5 Å². The van der Waals surface area contributed by atoms with Gasteiger partial charge in [0.1, 0.15) is 11.5 Å². The zero-order valence-electron chi connectivity index (χ0n) is 22.1. The van der Waals surface area contributed by atoms with Gasteiger partial charge >= 0.3 is 11.9 Å². The largest absolute Gasteiger partial charge is 0.497 e. The number of anilines is 1. The number of fused-ring (bicyclic) bond motifs is 2. The standard InChI is InChI=1S/C31H32N2O6/c1-38-23-11-9-21-6-7-22(25(21)16-23)12-13-32-14-15-33(29(19-32)27(31(36)37)18-30(34)35)28-5-3-4-20-8-10-24(39-2)17-26(20)28/h3-5,7-11,16-18,29H,6,12-15,19H2,1-2H3,(H,34,35)(H,36,37). The summed E-state index contributed by atoms with van der Waals surface area (Å²) in [6.07, 6.45) is 4.77. The van der Waals surface area contributed by atoms with Gasteiger partial charge in [-0.25, -0.2) is 9.59 Å². The molecule has 1 heterocycles. The van der Waals surface area contributed by atoms with Gasteiger partial charge < -0.3 is 24.6 Å². The number of rotatable bonds is 9.